The normalized spacial score (nSPS) is 12.4. The van der Waals surface area contributed by atoms with Crippen LogP contribution < -0.4 is 10.9 Å². The maximum absolute atomic E-state index is 12.0. The Labute approximate surface area is 143 Å². The lowest BCUT2D eigenvalue weighted by Crippen LogP contribution is -2.33. The quantitative estimate of drug-likeness (QED) is 0.507. The van der Waals surface area contributed by atoms with E-state index in [-0.39, 0.29) is 23.3 Å². The summed E-state index contributed by atoms with van der Waals surface area (Å²) < 4.78 is 0. The molecule has 6 heteroatoms. The second-order valence-corrected chi connectivity index (χ2v) is 7.34. The van der Waals surface area contributed by atoms with E-state index in [0.717, 1.165) is 31.4 Å². The number of carbonyl (C=O) groups is 1. The number of thioether (sulfide) groups is 1. The van der Waals surface area contributed by atoms with E-state index in [1.54, 1.807) is 0 Å². The molecule has 5 nitrogen and oxygen atoms in total. The zero-order valence-electron chi connectivity index (χ0n) is 14.6. The summed E-state index contributed by atoms with van der Waals surface area (Å²) in [6.07, 6.45) is 5.02. The van der Waals surface area contributed by atoms with Crippen LogP contribution in [-0.4, -0.2) is 27.7 Å². The molecule has 0 aliphatic heterocycles. The Hall–Kier alpha value is -1.30. The fraction of sp³-hybridized carbons (Fsp3) is 0.706. The van der Waals surface area contributed by atoms with E-state index in [2.05, 4.69) is 29.1 Å². The molecule has 0 aliphatic rings. The third-order valence-electron chi connectivity index (χ3n) is 3.45. The van der Waals surface area contributed by atoms with Crippen LogP contribution in [0.15, 0.2) is 16.0 Å². The molecule has 0 spiro atoms. The molecule has 2 N–H and O–H groups in total. The number of aryl methyl sites for hydroxylation is 1. The topological polar surface area (TPSA) is 74.8 Å². The number of hydrogen-bond donors (Lipinski definition) is 2. The van der Waals surface area contributed by atoms with Crippen LogP contribution in [0, 0.1) is 5.92 Å². The first kappa shape index (κ1) is 19.7. The molecule has 1 rings (SSSR count). The summed E-state index contributed by atoms with van der Waals surface area (Å²) in [6.45, 7) is 8.50. The number of nitrogens with one attached hydrogen (secondary N) is 2. The molecule has 0 aliphatic carbocycles. The van der Waals surface area contributed by atoms with Crippen LogP contribution in [0.4, 0.5) is 0 Å². The van der Waals surface area contributed by atoms with Crippen LogP contribution in [0.25, 0.3) is 0 Å². The van der Waals surface area contributed by atoms with Crippen molar-refractivity contribution in [3.05, 3.63) is 22.1 Å². The van der Waals surface area contributed by atoms with Crippen LogP contribution in [0.1, 0.15) is 59.1 Å². The molecule has 0 saturated carbocycles. The zero-order chi connectivity index (χ0) is 17.2. The monoisotopic (exact) mass is 339 g/mol. The Morgan fingerprint density at radius 1 is 1.35 bits per heavy atom. The predicted octanol–water partition coefficient (Wildman–Crippen LogP) is 3.15. The fourth-order valence-corrected chi connectivity index (χ4v) is 3.00. The van der Waals surface area contributed by atoms with Crippen molar-refractivity contribution in [3.63, 3.8) is 0 Å². The molecule has 1 aromatic rings. The average molecular weight is 340 g/mol. The largest absolute Gasteiger partial charge is 0.353 e. The molecule has 0 fully saturated rings. The van der Waals surface area contributed by atoms with E-state index in [1.807, 2.05) is 13.8 Å². The Morgan fingerprint density at radius 3 is 2.74 bits per heavy atom. The van der Waals surface area contributed by atoms with Crippen molar-refractivity contribution >= 4 is 17.7 Å². The Bertz CT molecular complexity index is 543. The minimum Gasteiger partial charge on any atom is -0.353 e. The molecular formula is C17H29N3O2S. The molecular weight excluding hydrogens is 310 g/mol. The highest BCUT2D eigenvalue weighted by Gasteiger charge is 2.10. The van der Waals surface area contributed by atoms with Crippen LogP contribution in [0.2, 0.25) is 0 Å². The van der Waals surface area contributed by atoms with E-state index in [1.165, 1.54) is 24.2 Å². The third kappa shape index (κ3) is 8.79. The molecule has 130 valence electrons. The van der Waals surface area contributed by atoms with E-state index in [9.17, 15) is 9.59 Å². The molecule has 1 heterocycles. The predicted molar refractivity (Wildman–Crippen MR) is 95.9 cm³/mol. The number of rotatable bonds is 10. The number of amides is 1. The highest BCUT2D eigenvalue weighted by molar-refractivity contribution is 7.99. The van der Waals surface area contributed by atoms with Crippen LogP contribution in [0.5, 0.6) is 0 Å². The maximum atomic E-state index is 12.0. The van der Waals surface area contributed by atoms with Gasteiger partial charge >= 0.3 is 0 Å². The number of H-pyrrole nitrogens is 1. The Balaban J connectivity index is 2.39. The van der Waals surface area contributed by atoms with Gasteiger partial charge in [-0.25, -0.2) is 4.98 Å². The van der Waals surface area contributed by atoms with Gasteiger partial charge in [-0.2, -0.15) is 0 Å². The zero-order valence-corrected chi connectivity index (χ0v) is 15.5. The SMILES string of the molecule is CCCc1cc(=O)[nH]c(SCC(=O)NC(C)CCCC(C)C)n1. The van der Waals surface area contributed by atoms with Gasteiger partial charge in [-0.3, -0.25) is 9.59 Å². The van der Waals surface area contributed by atoms with E-state index >= 15 is 0 Å². The number of hydrogen-bond acceptors (Lipinski definition) is 4. The Kier molecular flexibility index (Phi) is 8.99. The summed E-state index contributed by atoms with van der Waals surface area (Å²) in [7, 11) is 0. The van der Waals surface area contributed by atoms with Crippen LogP contribution >= 0.6 is 11.8 Å². The summed E-state index contributed by atoms with van der Waals surface area (Å²) in [5.74, 6) is 0.954. The van der Waals surface area contributed by atoms with Gasteiger partial charge in [0.05, 0.1) is 5.75 Å². The van der Waals surface area contributed by atoms with Gasteiger partial charge < -0.3 is 10.3 Å². The van der Waals surface area contributed by atoms with Crippen LogP contribution in [0.3, 0.4) is 0 Å². The highest BCUT2D eigenvalue weighted by Crippen LogP contribution is 2.12. The standard InChI is InChI=1S/C17H29N3O2S/c1-5-7-14-10-15(21)20-17(19-14)23-11-16(22)18-13(4)9-6-8-12(2)3/h10,12-13H,5-9,11H2,1-4H3,(H,18,22)(H,19,20,21). The van der Waals surface area contributed by atoms with E-state index in [4.69, 9.17) is 0 Å². The second-order valence-electron chi connectivity index (χ2n) is 6.37. The summed E-state index contributed by atoms with van der Waals surface area (Å²) in [4.78, 5) is 30.6. The maximum Gasteiger partial charge on any atom is 0.251 e. The average Bonchev–Trinajstić information content (AvgIpc) is 2.44. The van der Waals surface area contributed by atoms with Gasteiger partial charge in [0.15, 0.2) is 5.16 Å². The number of carbonyl (C=O) groups excluding carboxylic acids is 1. The van der Waals surface area contributed by atoms with Gasteiger partial charge in [-0.1, -0.05) is 51.8 Å². The molecule has 0 bridgehead atoms. The van der Waals surface area contributed by atoms with Crippen molar-refractivity contribution in [1.29, 1.82) is 0 Å². The summed E-state index contributed by atoms with van der Waals surface area (Å²) in [5, 5.41) is 3.52. The minimum atomic E-state index is -0.159. The van der Waals surface area contributed by atoms with E-state index < -0.39 is 0 Å². The van der Waals surface area contributed by atoms with Crippen molar-refractivity contribution in [3.8, 4) is 0 Å². The first-order chi connectivity index (χ1) is 10.9. The molecule has 23 heavy (non-hydrogen) atoms. The third-order valence-corrected chi connectivity index (χ3v) is 4.32. The van der Waals surface area contributed by atoms with Crippen molar-refractivity contribution in [2.24, 2.45) is 5.92 Å². The molecule has 0 saturated heterocycles. The first-order valence-electron chi connectivity index (χ1n) is 8.43. The van der Waals surface area contributed by atoms with Crippen molar-refractivity contribution in [1.82, 2.24) is 15.3 Å². The molecule has 0 radical (unpaired) electrons. The molecule has 1 unspecified atom stereocenters. The number of aromatic amines is 1. The van der Waals surface area contributed by atoms with Crippen molar-refractivity contribution in [2.75, 3.05) is 5.75 Å². The van der Waals surface area contributed by atoms with Crippen molar-refractivity contribution in [2.45, 2.75) is 71.0 Å². The fourth-order valence-electron chi connectivity index (χ4n) is 2.29. The molecule has 1 atom stereocenters. The summed E-state index contributed by atoms with van der Waals surface area (Å²) >= 11 is 1.27. The summed E-state index contributed by atoms with van der Waals surface area (Å²) in [6, 6.07) is 1.70. The van der Waals surface area contributed by atoms with Crippen LogP contribution in [-0.2, 0) is 11.2 Å². The number of nitrogens with zero attached hydrogens (tertiary/aromatic N) is 1. The minimum absolute atomic E-state index is 0.0180. The lowest BCUT2D eigenvalue weighted by atomic mass is 10.0. The van der Waals surface area contributed by atoms with Crippen molar-refractivity contribution < 1.29 is 4.79 Å². The smallest absolute Gasteiger partial charge is 0.251 e. The lowest BCUT2D eigenvalue weighted by molar-refractivity contribution is -0.119. The lowest BCUT2D eigenvalue weighted by Gasteiger charge is -2.14. The van der Waals surface area contributed by atoms with Gasteiger partial charge in [0, 0.05) is 17.8 Å². The van der Waals surface area contributed by atoms with Gasteiger partial charge in [-0.15, -0.1) is 0 Å². The molecule has 1 aromatic heterocycles. The summed E-state index contributed by atoms with van der Waals surface area (Å²) in [5.41, 5.74) is 0.620. The van der Waals surface area contributed by atoms with Gasteiger partial charge in [0.25, 0.3) is 5.56 Å². The highest BCUT2D eigenvalue weighted by atomic mass is 32.2. The van der Waals surface area contributed by atoms with Gasteiger partial charge in [-0.05, 0) is 25.7 Å². The first-order valence-corrected chi connectivity index (χ1v) is 9.41. The second kappa shape index (κ2) is 10.5. The number of aromatic nitrogens is 2. The van der Waals surface area contributed by atoms with E-state index in [0.29, 0.717) is 11.1 Å². The molecule has 1 amide bonds. The molecule has 0 aromatic carbocycles. The Morgan fingerprint density at radius 2 is 2.09 bits per heavy atom. The van der Waals surface area contributed by atoms with Gasteiger partial charge in [0.2, 0.25) is 5.91 Å². The van der Waals surface area contributed by atoms with Gasteiger partial charge in [0.1, 0.15) is 0 Å².